The Balaban J connectivity index is 2.40. The van der Waals surface area contributed by atoms with Crippen LogP contribution in [-0.4, -0.2) is 9.78 Å². The first-order valence-electron chi connectivity index (χ1n) is 3.82. The van der Waals surface area contributed by atoms with Gasteiger partial charge in [-0.25, -0.2) is 4.68 Å². The third kappa shape index (κ3) is 1.42. The third-order valence-corrected chi connectivity index (χ3v) is 1.69. The number of nitrogens with zero attached hydrogens (tertiary/aromatic N) is 3. The molecule has 1 heterocycles. The van der Waals surface area contributed by atoms with Crippen LogP contribution in [0.5, 0.6) is 0 Å². The van der Waals surface area contributed by atoms with E-state index in [9.17, 15) is 0 Å². The molecule has 0 spiro atoms. The number of hydrogen-bond acceptors (Lipinski definition) is 2. The van der Waals surface area contributed by atoms with E-state index in [1.54, 1.807) is 29.1 Å². The molecule has 3 heteroatoms. The Hall–Kier alpha value is -2.08. The maximum atomic E-state index is 8.58. The fraction of sp³-hybridized carbons (Fsp3) is 0. The van der Waals surface area contributed by atoms with Crippen LogP contribution in [0.2, 0.25) is 0 Å². The van der Waals surface area contributed by atoms with E-state index in [4.69, 9.17) is 5.26 Å². The molecule has 61 valence electrons. The second kappa shape index (κ2) is 3.11. The van der Waals surface area contributed by atoms with Crippen LogP contribution in [-0.2, 0) is 0 Å². The molecule has 1 aromatic heterocycles. The van der Waals surface area contributed by atoms with E-state index in [1.807, 2.05) is 12.1 Å². The summed E-state index contributed by atoms with van der Waals surface area (Å²) >= 11 is 0. The van der Waals surface area contributed by atoms with Crippen LogP contribution in [0, 0.1) is 17.5 Å². The van der Waals surface area contributed by atoms with Crippen molar-refractivity contribution in [2.75, 3.05) is 0 Å². The number of rotatable bonds is 1. The molecule has 1 aromatic carbocycles. The Labute approximate surface area is 75.9 Å². The molecule has 0 amide bonds. The first-order chi connectivity index (χ1) is 6.40. The van der Waals surface area contributed by atoms with Gasteiger partial charge < -0.3 is 0 Å². The normalized spacial score (nSPS) is 9.46. The summed E-state index contributed by atoms with van der Waals surface area (Å²) in [6.07, 6.45) is 4.58. The van der Waals surface area contributed by atoms with Gasteiger partial charge in [-0.2, -0.15) is 10.4 Å². The molecule has 3 nitrogen and oxygen atoms in total. The highest BCUT2D eigenvalue weighted by Crippen LogP contribution is 2.06. The summed E-state index contributed by atoms with van der Waals surface area (Å²) < 4.78 is 1.63. The molecule has 0 bridgehead atoms. The highest BCUT2D eigenvalue weighted by Gasteiger charge is 1.95. The minimum absolute atomic E-state index is 0.649. The van der Waals surface area contributed by atoms with E-state index in [0.717, 1.165) is 5.69 Å². The quantitative estimate of drug-likeness (QED) is 0.648. The molecule has 0 fully saturated rings. The fourth-order valence-electron chi connectivity index (χ4n) is 1.06. The zero-order valence-corrected chi connectivity index (χ0v) is 6.81. The van der Waals surface area contributed by atoms with Crippen LogP contribution in [0.3, 0.4) is 0 Å². The lowest BCUT2D eigenvalue weighted by molar-refractivity contribution is 0.874. The minimum atomic E-state index is 0.649. The minimum Gasteiger partial charge on any atom is -0.232 e. The maximum absolute atomic E-state index is 8.58. The van der Waals surface area contributed by atoms with E-state index in [2.05, 4.69) is 17.4 Å². The van der Waals surface area contributed by atoms with Crippen LogP contribution in [0.25, 0.3) is 5.69 Å². The molecular formula is C10H6N3. The Morgan fingerprint density at radius 1 is 1.31 bits per heavy atom. The Bertz CT molecular complexity index is 420. The van der Waals surface area contributed by atoms with Gasteiger partial charge in [0.2, 0.25) is 0 Å². The molecule has 0 saturated heterocycles. The van der Waals surface area contributed by atoms with Crippen molar-refractivity contribution in [1.82, 2.24) is 9.78 Å². The molecule has 0 aliphatic rings. The lowest BCUT2D eigenvalue weighted by Gasteiger charge is -1.98. The van der Waals surface area contributed by atoms with E-state index in [0.29, 0.717) is 5.56 Å². The molecule has 2 rings (SSSR count). The Morgan fingerprint density at radius 3 is 2.62 bits per heavy atom. The summed E-state index contributed by atoms with van der Waals surface area (Å²) in [6.45, 7) is 0. The van der Waals surface area contributed by atoms with E-state index in [1.165, 1.54) is 0 Å². The van der Waals surface area contributed by atoms with Gasteiger partial charge in [-0.1, -0.05) is 0 Å². The van der Waals surface area contributed by atoms with E-state index >= 15 is 0 Å². The zero-order chi connectivity index (χ0) is 9.10. The third-order valence-electron chi connectivity index (χ3n) is 1.69. The second-order valence-corrected chi connectivity index (χ2v) is 2.53. The van der Waals surface area contributed by atoms with Crippen molar-refractivity contribution in [3.8, 4) is 11.8 Å². The predicted octanol–water partition coefficient (Wildman–Crippen LogP) is 1.54. The molecule has 0 aliphatic carbocycles. The van der Waals surface area contributed by atoms with Crippen LogP contribution >= 0.6 is 0 Å². The summed E-state index contributed by atoms with van der Waals surface area (Å²) in [7, 11) is 0. The van der Waals surface area contributed by atoms with Crippen molar-refractivity contribution in [1.29, 1.82) is 5.26 Å². The van der Waals surface area contributed by atoms with Gasteiger partial charge in [0, 0.05) is 0 Å². The number of aromatic nitrogens is 2. The monoisotopic (exact) mass is 168 g/mol. The summed E-state index contributed by atoms with van der Waals surface area (Å²) in [5.41, 5.74) is 1.56. The van der Waals surface area contributed by atoms with Crippen LogP contribution in [0.1, 0.15) is 5.56 Å². The van der Waals surface area contributed by atoms with Gasteiger partial charge in [-0.05, 0) is 30.3 Å². The molecule has 13 heavy (non-hydrogen) atoms. The molecule has 0 unspecified atom stereocenters. The van der Waals surface area contributed by atoms with Gasteiger partial charge in [-0.3, -0.25) is 0 Å². The van der Waals surface area contributed by atoms with Gasteiger partial charge in [0.15, 0.2) is 0 Å². The standard InChI is InChI=1S/C10H6N3/c11-8-9-2-4-10(5-3-9)13-7-1-6-12-13/h1-6H. The number of hydrogen-bond donors (Lipinski definition) is 0. The fourth-order valence-corrected chi connectivity index (χ4v) is 1.06. The van der Waals surface area contributed by atoms with Crippen molar-refractivity contribution in [2.45, 2.75) is 0 Å². The number of benzene rings is 1. The Kier molecular flexibility index (Phi) is 1.81. The van der Waals surface area contributed by atoms with Gasteiger partial charge in [0.05, 0.1) is 29.7 Å². The van der Waals surface area contributed by atoms with Gasteiger partial charge in [-0.15, -0.1) is 0 Å². The van der Waals surface area contributed by atoms with Gasteiger partial charge >= 0.3 is 0 Å². The lowest BCUT2D eigenvalue weighted by atomic mass is 10.2. The molecular weight excluding hydrogens is 162 g/mol. The average molecular weight is 168 g/mol. The van der Waals surface area contributed by atoms with Crippen molar-refractivity contribution in [3.05, 3.63) is 48.3 Å². The SMILES string of the molecule is N#Cc1ccc(-n2[c]ccn2)cc1. The molecule has 0 saturated carbocycles. The summed E-state index contributed by atoms with van der Waals surface area (Å²) in [5.74, 6) is 0. The smallest absolute Gasteiger partial charge is 0.0991 e. The summed E-state index contributed by atoms with van der Waals surface area (Å²) in [4.78, 5) is 0. The first kappa shape index (κ1) is 7.56. The van der Waals surface area contributed by atoms with Crippen molar-refractivity contribution in [3.63, 3.8) is 0 Å². The summed E-state index contributed by atoms with van der Waals surface area (Å²) in [5, 5.41) is 12.6. The molecule has 1 radical (unpaired) electrons. The highest BCUT2D eigenvalue weighted by atomic mass is 15.3. The van der Waals surface area contributed by atoms with E-state index < -0.39 is 0 Å². The van der Waals surface area contributed by atoms with Crippen LogP contribution in [0.15, 0.2) is 36.5 Å². The van der Waals surface area contributed by atoms with Crippen molar-refractivity contribution < 1.29 is 0 Å². The molecule has 0 atom stereocenters. The molecule has 0 aliphatic heterocycles. The van der Waals surface area contributed by atoms with Gasteiger partial charge in [0.25, 0.3) is 0 Å². The van der Waals surface area contributed by atoms with Crippen molar-refractivity contribution in [2.24, 2.45) is 0 Å². The average Bonchev–Trinajstić information content (AvgIpc) is 2.71. The highest BCUT2D eigenvalue weighted by molar-refractivity contribution is 5.38. The summed E-state index contributed by atoms with van der Waals surface area (Å²) in [6, 6.07) is 11.0. The topological polar surface area (TPSA) is 41.6 Å². The predicted molar refractivity (Wildman–Crippen MR) is 47.1 cm³/mol. The largest absolute Gasteiger partial charge is 0.232 e. The Morgan fingerprint density at radius 2 is 2.08 bits per heavy atom. The van der Waals surface area contributed by atoms with Crippen molar-refractivity contribution >= 4 is 0 Å². The second-order valence-electron chi connectivity index (χ2n) is 2.53. The van der Waals surface area contributed by atoms with E-state index in [-0.39, 0.29) is 0 Å². The van der Waals surface area contributed by atoms with Crippen LogP contribution in [0.4, 0.5) is 0 Å². The lowest BCUT2D eigenvalue weighted by Crippen LogP contribution is -1.93. The van der Waals surface area contributed by atoms with Crippen LogP contribution < -0.4 is 0 Å². The maximum Gasteiger partial charge on any atom is 0.0991 e. The first-order valence-corrected chi connectivity index (χ1v) is 3.82. The van der Waals surface area contributed by atoms with Gasteiger partial charge in [0.1, 0.15) is 0 Å². The number of nitriles is 1. The molecule has 2 aromatic rings. The zero-order valence-electron chi connectivity index (χ0n) is 6.81. The molecule has 0 N–H and O–H groups in total.